The van der Waals surface area contributed by atoms with Crippen molar-refractivity contribution in [2.75, 3.05) is 23.3 Å². The highest BCUT2D eigenvalue weighted by Crippen LogP contribution is 2.31. The first kappa shape index (κ1) is 31.7. The first-order valence-corrected chi connectivity index (χ1v) is 15.4. The summed E-state index contributed by atoms with van der Waals surface area (Å²) in [4.78, 5) is 72.7. The summed E-state index contributed by atoms with van der Waals surface area (Å²) in [6.45, 7) is 8.15. The van der Waals surface area contributed by atoms with E-state index >= 15 is 0 Å². The number of nitrogens with one attached hydrogen (secondary N) is 2. The highest BCUT2D eigenvalue weighted by Gasteiger charge is 2.31. The van der Waals surface area contributed by atoms with Gasteiger partial charge >= 0.3 is 11.8 Å². The Bertz CT molecular complexity index is 1770. The summed E-state index contributed by atoms with van der Waals surface area (Å²) in [5, 5.41) is 5.75. The zero-order valence-corrected chi connectivity index (χ0v) is 26.5. The Labute approximate surface area is 260 Å². The molecule has 2 aromatic heterocycles. The van der Waals surface area contributed by atoms with Crippen molar-refractivity contribution in [3.8, 4) is 0 Å². The number of ketones is 1. The third-order valence-electron chi connectivity index (χ3n) is 7.90. The van der Waals surface area contributed by atoms with Gasteiger partial charge in [-0.2, -0.15) is 4.98 Å². The molecule has 1 aromatic carbocycles. The molecule has 1 atom stereocenters. The number of alkyl carbamates (subject to hydrolysis) is 1. The maximum Gasteiger partial charge on any atom is 0.407 e. The zero-order valence-electron chi connectivity index (χ0n) is 26.5. The Morgan fingerprint density at radius 1 is 1.09 bits per heavy atom. The van der Waals surface area contributed by atoms with Gasteiger partial charge in [0.2, 0.25) is 11.9 Å². The van der Waals surface area contributed by atoms with Crippen molar-refractivity contribution in [1.29, 1.82) is 0 Å². The number of anilines is 2. The maximum absolute atomic E-state index is 14.0. The quantitative estimate of drug-likeness (QED) is 0.274. The number of piperidine rings is 1. The Morgan fingerprint density at radius 2 is 1.82 bits per heavy atom. The van der Waals surface area contributed by atoms with Crippen molar-refractivity contribution in [1.82, 2.24) is 24.0 Å². The molecule has 1 saturated carbocycles. The Kier molecular flexibility index (Phi) is 8.98. The number of para-hydroxylation sites is 1. The van der Waals surface area contributed by atoms with Crippen LogP contribution in [0.3, 0.4) is 0 Å². The number of benzene rings is 1. The summed E-state index contributed by atoms with van der Waals surface area (Å²) in [5.74, 6) is -0.193. The van der Waals surface area contributed by atoms with Crippen LogP contribution in [0.15, 0.2) is 46.0 Å². The summed E-state index contributed by atoms with van der Waals surface area (Å²) in [5.41, 5.74) is -0.971. The summed E-state index contributed by atoms with van der Waals surface area (Å²) in [7, 11) is 1.52. The van der Waals surface area contributed by atoms with Crippen LogP contribution in [0.25, 0.3) is 11.2 Å². The van der Waals surface area contributed by atoms with Gasteiger partial charge in [-0.15, -0.1) is 0 Å². The van der Waals surface area contributed by atoms with Gasteiger partial charge in [0.15, 0.2) is 16.9 Å². The molecule has 2 N–H and O–H groups in total. The topological polar surface area (TPSA) is 150 Å². The van der Waals surface area contributed by atoms with Crippen LogP contribution in [0.4, 0.5) is 16.4 Å². The predicted octanol–water partition coefficient (Wildman–Crippen LogP) is 3.20. The number of carbonyl (C=O) groups is 3. The van der Waals surface area contributed by atoms with Crippen LogP contribution >= 0.6 is 0 Å². The summed E-state index contributed by atoms with van der Waals surface area (Å²) in [6, 6.07) is 6.39. The molecule has 3 aromatic rings. The summed E-state index contributed by atoms with van der Waals surface area (Å²) >= 11 is 0. The van der Waals surface area contributed by atoms with E-state index in [9.17, 15) is 24.0 Å². The SMILES string of the molecule is C/C=C/Cn1c(N2CCC[C@H](NC(=O)OC(C)(C)C)C2)nc2c1c(=O)n(CC(=O)c1ccccc1NC(=O)C1CC1)c(=O)n2C. The number of Topliss-reactive ketones (excluding diaryl/α,β-unsaturated/α-hetero) is 1. The van der Waals surface area contributed by atoms with Crippen molar-refractivity contribution in [3.05, 3.63) is 62.8 Å². The number of carbonyl (C=O) groups excluding carboxylic acids is 3. The van der Waals surface area contributed by atoms with Gasteiger partial charge < -0.3 is 24.8 Å². The minimum absolute atomic E-state index is 0.0552. The maximum atomic E-state index is 14.0. The van der Waals surface area contributed by atoms with Crippen molar-refractivity contribution in [3.63, 3.8) is 0 Å². The van der Waals surface area contributed by atoms with Gasteiger partial charge in [0.05, 0.1) is 12.2 Å². The van der Waals surface area contributed by atoms with Gasteiger partial charge in [-0.05, 0) is 65.5 Å². The van der Waals surface area contributed by atoms with E-state index in [1.165, 1.54) is 11.6 Å². The molecule has 1 aliphatic heterocycles. The molecule has 0 spiro atoms. The lowest BCUT2D eigenvalue weighted by Gasteiger charge is -2.34. The van der Waals surface area contributed by atoms with Crippen molar-refractivity contribution in [2.24, 2.45) is 13.0 Å². The van der Waals surface area contributed by atoms with E-state index in [0.29, 0.717) is 31.3 Å². The molecule has 240 valence electrons. The van der Waals surface area contributed by atoms with E-state index in [2.05, 4.69) is 10.6 Å². The Balaban J connectivity index is 1.49. The van der Waals surface area contributed by atoms with Gasteiger partial charge in [-0.3, -0.25) is 23.5 Å². The molecule has 2 amide bonds. The molecule has 1 saturated heterocycles. The molecule has 2 aliphatic rings. The van der Waals surface area contributed by atoms with Gasteiger partial charge in [0.25, 0.3) is 5.56 Å². The fourth-order valence-electron chi connectivity index (χ4n) is 5.52. The Hall–Kier alpha value is -4.68. The second kappa shape index (κ2) is 12.7. The van der Waals surface area contributed by atoms with Crippen molar-refractivity contribution >= 4 is 40.6 Å². The van der Waals surface area contributed by atoms with Gasteiger partial charge in [-0.1, -0.05) is 24.3 Å². The smallest absolute Gasteiger partial charge is 0.407 e. The lowest BCUT2D eigenvalue weighted by molar-refractivity contribution is -0.117. The van der Waals surface area contributed by atoms with Gasteiger partial charge in [0, 0.05) is 44.2 Å². The number of hydrogen-bond donors (Lipinski definition) is 2. The monoisotopic (exact) mass is 619 g/mol. The van der Waals surface area contributed by atoms with Crippen LogP contribution < -0.4 is 26.8 Å². The number of hydrogen-bond acceptors (Lipinski definition) is 8. The standard InChI is InChI=1S/C32H41N7O6/c1-6-7-17-38-25-26(35-29(38)37-16-10-11-21(18-37)33-30(43)45-32(2,3)4)36(5)31(44)39(28(25)42)19-24(40)22-12-8-9-13-23(22)34-27(41)20-14-15-20/h6-9,12-13,20-21H,10-11,14-19H2,1-5H3,(H,33,43)(H,34,41)/b7-6+/t21-/m0/s1. The van der Waals surface area contributed by atoms with Crippen LogP contribution in [0.5, 0.6) is 0 Å². The summed E-state index contributed by atoms with van der Waals surface area (Å²) < 4.78 is 9.39. The van der Waals surface area contributed by atoms with E-state index in [-0.39, 0.29) is 34.6 Å². The van der Waals surface area contributed by atoms with E-state index in [1.54, 1.807) is 49.6 Å². The number of ether oxygens (including phenoxy) is 1. The molecule has 45 heavy (non-hydrogen) atoms. The van der Waals surface area contributed by atoms with Gasteiger partial charge in [-0.25, -0.2) is 9.59 Å². The lowest BCUT2D eigenvalue weighted by Crippen LogP contribution is -2.49. The minimum atomic E-state index is -0.675. The van der Waals surface area contributed by atoms with Crippen LogP contribution in [-0.4, -0.2) is 61.2 Å². The lowest BCUT2D eigenvalue weighted by atomic mass is 10.1. The summed E-state index contributed by atoms with van der Waals surface area (Å²) in [6.07, 6.45) is 6.38. The molecule has 13 heteroatoms. The molecule has 3 heterocycles. The fraction of sp³-hybridized carbons (Fsp3) is 0.500. The van der Waals surface area contributed by atoms with E-state index in [0.717, 1.165) is 30.3 Å². The average Bonchev–Trinajstić information content (AvgIpc) is 3.77. The van der Waals surface area contributed by atoms with Gasteiger partial charge in [0.1, 0.15) is 5.60 Å². The molecular formula is C32H41N7O6. The highest BCUT2D eigenvalue weighted by atomic mass is 16.6. The molecular weight excluding hydrogens is 578 g/mol. The number of aryl methyl sites for hydroxylation is 1. The second-order valence-corrected chi connectivity index (χ2v) is 12.7. The second-order valence-electron chi connectivity index (χ2n) is 12.7. The number of rotatable bonds is 9. The van der Waals surface area contributed by atoms with E-state index < -0.39 is 35.3 Å². The number of fused-ring (bicyclic) bond motifs is 1. The fourth-order valence-corrected chi connectivity index (χ4v) is 5.52. The molecule has 0 radical (unpaired) electrons. The van der Waals surface area contributed by atoms with Crippen molar-refractivity contribution in [2.45, 2.75) is 78.1 Å². The van der Waals surface area contributed by atoms with E-state index in [4.69, 9.17) is 9.72 Å². The highest BCUT2D eigenvalue weighted by molar-refractivity contribution is 6.05. The number of aromatic nitrogens is 4. The first-order chi connectivity index (χ1) is 21.4. The average molecular weight is 620 g/mol. The normalized spacial score (nSPS) is 17.1. The molecule has 5 rings (SSSR count). The van der Waals surface area contributed by atoms with Crippen LogP contribution in [0, 0.1) is 5.92 Å². The molecule has 1 aliphatic carbocycles. The third-order valence-corrected chi connectivity index (χ3v) is 7.90. The number of allylic oxidation sites excluding steroid dienone is 2. The van der Waals surface area contributed by atoms with Crippen LogP contribution in [-0.2, 0) is 29.7 Å². The number of nitrogens with zero attached hydrogens (tertiary/aromatic N) is 5. The molecule has 0 bridgehead atoms. The number of imidazole rings is 1. The predicted molar refractivity (Wildman–Crippen MR) is 171 cm³/mol. The minimum Gasteiger partial charge on any atom is -0.444 e. The molecule has 0 unspecified atom stereocenters. The first-order valence-electron chi connectivity index (χ1n) is 15.4. The molecule has 2 fully saturated rings. The third kappa shape index (κ3) is 7.02. The van der Waals surface area contributed by atoms with Crippen LogP contribution in [0.2, 0.25) is 0 Å². The van der Waals surface area contributed by atoms with Crippen LogP contribution in [0.1, 0.15) is 63.7 Å². The largest absolute Gasteiger partial charge is 0.444 e. The van der Waals surface area contributed by atoms with Crippen molar-refractivity contribution < 1.29 is 19.1 Å². The van der Waals surface area contributed by atoms with E-state index in [1.807, 2.05) is 24.0 Å². The Morgan fingerprint density at radius 3 is 2.51 bits per heavy atom. The number of amides is 2. The molecule has 13 nitrogen and oxygen atoms in total. The zero-order chi connectivity index (χ0) is 32.5.